The molecule has 17 heavy (non-hydrogen) atoms. The number of halogens is 1. The zero-order chi connectivity index (χ0) is 12.6. The van der Waals surface area contributed by atoms with Gasteiger partial charge in [0.15, 0.2) is 0 Å². The van der Waals surface area contributed by atoms with Crippen LogP contribution < -0.4 is 4.74 Å². The van der Waals surface area contributed by atoms with Crippen LogP contribution in [0.25, 0.3) is 0 Å². The number of ether oxygens (including phenoxy) is 1. The van der Waals surface area contributed by atoms with Gasteiger partial charge in [-0.25, -0.2) is 4.39 Å². The molecular formula is C13H12FNO2. The van der Waals surface area contributed by atoms with Crippen molar-refractivity contribution >= 4 is 5.78 Å². The van der Waals surface area contributed by atoms with Gasteiger partial charge in [-0.1, -0.05) is 0 Å². The average molecular weight is 233 g/mol. The highest BCUT2D eigenvalue weighted by atomic mass is 19.1. The van der Waals surface area contributed by atoms with E-state index in [1.165, 1.54) is 13.2 Å². The summed E-state index contributed by atoms with van der Waals surface area (Å²) in [6, 6.07) is 5.10. The van der Waals surface area contributed by atoms with E-state index in [0.717, 1.165) is 5.56 Å². The second-order valence-electron chi connectivity index (χ2n) is 4.41. The summed E-state index contributed by atoms with van der Waals surface area (Å²) >= 11 is 0. The Hall–Kier alpha value is -1.89. The van der Waals surface area contributed by atoms with Crippen LogP contribution in [0.1, 0.15) is 24.0 Å². The second kappa shape index (κ2) is 3.85. The number of ketones is 1. The molecule has 1 fully saturated rings. The summed E-state index contributed by atoms with van der Waals surface area (Å²) in [6.45, 7) is 1.75. The number of methoxy groups -OCH3 is 1. The maximum Gasteiger partial charge on any atom is 0.136 e. The summed E-state index contributed by atoms with van der Waals surface area (Å²) in [4.78, 5) is 11.1. The number of carbonyl (C=O) groups excluding carboxylic acids is 1. The van der Waals surface area contributed by atoms with Crippen LogP contribution in [-0.2, 0) is 10.2 Å². The van der Waals surface area contributed by atoms with E-state index in [0.29, 0.717) is 5.75 Å². The summed E-state index contributed by atoms with van der Waals surface area (Å²) in [5, 5.41) is 9.20. The minimum Gasteiger partial charge on any atom is -0.496 e. The van der Waals surface area contributed by atoms with Crippen LogP contribution in [0.5, 0.6) is 5.75 Å². The van der Waals surface area contributed by atoms with E-state index in [1.807, 2.05) is 0 Å². The molecule has 0 radical (unpaired) electrons. The van der Waals surface area contributed by atoms with Gasteiger partial charge in [0.2, 0.25) is 0 Å². The van der Waals surface area contributed by atoms with E-state index in [1.54, 1.807) is 13.0 Å². The molecule has 3 nitrogen and oxygen atoms in total. The van der Waals surface area contributed by atoms with Gasteiger partial charge in [0, 0.05) is 12.8 Å². The minimum absolute atomic E-state index is 0.0198. The molecule has 1 aliphatic carbocycles. The molecule has 1 aromatic rings. The topological polar surface area (TPSA) is 50.1 Å². The molecule has 0 aromatic heterocycles. The molecule has 2 rings (SSSR count). The Morgan fingerprint density at radius 2 is 2.12 bits per heavy atom. The number of carbonyl (C=O) groups is 1. The van der Waals surface area contributed by atoms with E-state index >= 15 is 0 Å². The van der Waals surface area contributed by atoms with Crippen molar-refractivity contribution in [1.29, 1.82) is 5.26 Å². The Balaban J connectivity index is 2.59. The summed E-state index contributed by atoms with van der Waals surface area (Å²) < 4.78 is 19.1. The standard InChI is InChI=1S/C13H12FNO2/c1-8-3-10(14)12(11(4-8)17-2)13(7-15)5-9(16)6-13/h3-4H,5-6H2,1-2H3. The smallest absolute Gasteiger partial charge is 0.136 e. The summed E-state index contributed by atoms with van der Waals surface area (Å²) in [5.74, 6) is -0.152. The molecule has 0 aliphatic heterocycles. The van der Waals surface area contributed by atoms with Gasteiger partial charge in [-0.05, 0) is 24.6 Å². The predicted molar refractivity (Wildman–Crippen MR) is 59.2 cm³/mol. The van der Waals surface area contributed by atoms with Gasteiger partial charge >= 0.3 is 0 Å². The predicted octanol–water partition coefficient (Wildman–Crippen LogP) is 2.27. The molecule has 1 saturated carbocycles. The van der Waals surface area contributed by atoms with Crippen molar-refractivity contribution in [3.05, 3.63) is 29.1 Å². The van der Waals surface area contributed by atoms with E-state index in [-0.39, 0.29) is 24.2 Å². The summed E-state index contributed by atoms with van der Waals surface area (Å²) in [6.07, 6.45) is 0.139. The zero-order valence-corrected chi connectivity index (χ0v) is 9.71. The Bertz CT molecular complexity index is 523. The van der Waals surface area contributed by atoms with Crippen LogP contribution >= 0.6 is 0 Å². The number of nitriles is 1. The number of nitrogens with zero attached hydrogens (tertiary/aromatic N) is 1. The monoisotopic (exact) mass is 233 g/mol. The molecular weight excluding hydrogens is 221 g/mol. The lowest BCUT2D eigenvalue weighted by molar-refractivity contribution is -0.126. The number of benzene rings is 1. The van der Waals surface area contributed by atoms with E-state index < -0.39 is 11.2 Å². The highest BCUT2D eigenvalue weighted by Gasteiger charge is 2.49. The molecule has 0 bridgehead atoms. The fourth-order valence-corrected chi connectivity index (χ4v) is 2.27. The molecule has 0 amide bonds. The maximum absolute atomic E-state index is 14.0. The Morgan fingerprint density at radius 1 is 1.47 bits per heavy atom. The highest BCUT2D eigenvalue weighted by Crippen LogP contribution is 2.46. The first-order valence-electron chi connectivity index (χ1n) is 5.30. The van der Waals surface area contributed by atoms with Crippen molar-refractivity contribution < 1.29 is 13.9 Å². The van der Waals surface area contributed by atoms with E-state index in [4.69, 9.17) is 4.74 Å². The Morgan fingerprint density at radius 3 is 2.59 bits per heavy atom. The number of hydrogen-bond acceptors (Lipinski definition) is 3. The lowest BCUT2D eigenvalue weighted by atomic mass is 9.64. The fraction of sp³-hybridized carbons (Fsp3) is 0.385. The lowest BCUT2D eigenvalue weighted by Gasteiger charge is -2.35. The first kappa shape index (κ1) is 11.6. The van der Waals surface area contributed by atoms with Crippen LogP contribution in [-0.4, -0.2) is 12.9 Å². The van der Waals surface area contributed by atoms with Crippen LogP contribution in [0.3, 0.4) is 0 Å². The van der Waals surface area contributed by atoms with Gasteiger partial charge in [-0.15, -0.1) is 0 Å². The molecule has 0 unspecified atom stereocenters. The molecule has 0 N–H and O–H groups in total. The van der Waals surface area contributed by atoms with Crippen LogP contribution in [0.4, 0.5) is 4.39 Å². The first-order chi connectivity index (χ1) is 8.02. The molecule has 0 saturated heterocycles. The van der Waals surface area contributed by atoms with E-state index in [2.05, 4.69) is 6.07 Å². The van der Waals surface area contributed by atoms with Crippen molar-refractivity contribution in [3.8, 4) is 11.8 Å². The first-order valence-corrected chi connectivity index (χ1v) is 5.30. The third-order valence-electron chi connectivity index (χ3n) is 3.11. The number of rotatable bonds is 2. The van der Waals surface area contributed by atoms with Crippen LogP contribution in [0.15, 0.2) is 12.1 Å². The Labute approximate surface area is 98.8 Å². The molecule has 1 aromatic carbocycles. The van der Waals surface area contributed by atoms with Crippen LogP contribution in [0, 0.1) is 24.1 Å². The van der Waals surface area contributed by atoms with Crippen molar-refractivity contribution in [2.45, 2.75) is 25.2 Å². The second-order valence-corrected chi connectivity index (χ2v) is 4.41. The average Bonchev–Trinajstić information content (AvgIpc) is 2.24. The molecule has 0 spiro atoms. The van der Waals surface area contributed by atoms with Crippen molar-refractivity contribution in [1.82, 2.24) is 0 Å². The summed E-state index contributed by atoms with van der Waals surface area (Å²) in [5.41, 5.74) is -0.102. The fourth-order valence-electron chi connectivity index (χ4n) is 2.27. The molecule has 4 heteroatoms. The van der Waals surface area contributed by atoms with Crippen LogP contribution in [0.2, 0.25) is 0 Å². The zero-order valence-electron chi connectivity index (χ0n) is 9.71. The third kappa shape index (κ3) is 1.68. The van der Waals surface area contributed by atoms with Crippen molar-refractivity contribution in [3.63, 3.8) is 0 Å². The molecule has 1 aliphatic rings. The normalized spacial score (nSPS) is 17.2. The van der Waals surface area contributed by atoms with Crippen molar-refractivity contribution in [2.75, 3.05) is 7.11 Å². The number of aryl methyl sites for hydroxylation is 1. The van der Waals surface area contributed by atoms with Gasteiger partial charge in [0.1, 0.15) is 22.8 Å². The van der Waals surface area contributed by atoms with Gasteiger partial charge in [0.25, 0.3) is 0 Å². The number of Topliss-reactive ketones (excluding diaryl/α,β-unsaturated/α-hetero) is 1. The molecule has 0 atom stereocenters. The quantitative estimate of drug-likeness (QED) is 0.787. The van der Waals surface area contributed by atoms with Gasteiger partial charge in [0.05, 0.1) is 18.7 Å². The largest absolute Gasteiger partial charge is 0.496 e. The van der Waals surface area contributed by atoms with Gasteiger partial charge in [-0.2, -0.15) is 5.26 Å². The Kier molecular flexibility index (Phi) is 2.62. The molecule has 0 heterocycles. The third-order valence-corrected chi connectivity index (χ3v) is 3.11. The van der Waals surface area contributed by atoms with E-state index in [9.17, 15) is 14.4 Å². The van der Waals surface area contributed by atoms with Gasteiger partial charge in [-0.3, -0.25) is 4.79 Å². The maximum atomic E-state index is 14.0. The SMILES string of the molecule is COc1cc(C)cc(F)c1C1(C#N)CC(=O)C1. The molecule has 88 valence electrons. The number of hydrogen-bond donors (Lipinski definition) is 0. The van der Waals surface area contributed by atoms with Crippen molar-refractivity contribution in [2.24, 2.45) is 0 Å². The van der Waals surface area contributed by atoms with Gasteiger partial charge < -0.3 is 4.74 Å². The highest BCUT2D eigenvalue weighted by molar-refractivity contribution is 5.90. The minimum atomic E-state index is -1.04. The lowest BCUT2D eigenvalue weighted by Crippen LogP contribution is -2.41. The summed E-state index contributed by atoms with van der Waals surface area (Å²) in [7, 11) is 1.43.